The van der Waals surface area contributed by atoms with Crippen molar-refractivity contribution in [3.8, 4) is 0 Å². The van der Waals surface area contributed by atoms with Crippen molar-refractivity contribution in [1.82, 2.24) is 4.98 Å². The van der Waals surface area contributed by atoms with Gasteiger partial charge in [-0.15, -0.1) is 11.3 Å². The highest BCUT2D eigenvalue weighted by Gasteiger charge is 2.17. The van der Waals surface area contributed by atoms with Crippen LogP contribution in [-0.2, 0) is 0 Å². The summed E-state index contributed by atoms with van der Waals surface area (Å²) < 4.78 is 2.57. The predicted octanol–water partition coefficient (Wildman–Crippen LogP) is 5.12. The second-order valence-corrected chi connectivity index (χ2v) is 7.15. The summed E-state index contributed by atoms with van der Waals surface area (Å²) in [7, 11) is 0. The summed E-state index contributed by atoms with van der Waals surface area (Å²) in [6.07, 6.45) is 0. The molecule has 1 aromatic heterocycles. The fourth-order valence-electron chi connectivity index (χ4n) is 1.71. The first-order valence-electron chi connectivity index (χ1n) is 5.61. The average Bonchev–Trinajstić information content (AvgIpc) is 2.82. The second-order valence-electron chi connectivity index (χ2n) is 3.92. The molecule has 0 spiro atoms. The van der Waals surface area contributed by atoms with Crippen LogP contribution in [0.25, 0.3) is 10.2 Å². The van der Waals surface area contributed by atoms with Gasteiger partial charge in [0.05, 0.1) is 20.0 Å². The fraction of sp³-hybridized carbons (Fsp3) is 0. The maximum atomic E-state index is 11.1. The fourth-order valence-corrected chi connectivity index (χ4v) is 4.17. The number of nitro groups is 1. The largest absolute Gasteiger partial charge is 0.284 e. The van der Waals surface area contributed by atoms with Gasteiger partial charge in [0.2, 0.25) is 0 Å². The van der Waals surface area contributed by atoms with Gasteiger partial charge in [0.1, 0.15) is 0 Å². The molecule has 7 heteroatoms. The van der Waals surface area contributed by atoms with Crippen molar-refractivity contribution in [1.29, 1.82) is 0 Å². The van der Waals surface area contributed by atoms with Crippen LogP contribution in [0.3, 0.4) is 0 Å². The number of nitro benzene ring substituents is 1. The molecule has 0 amide bonds. The van der Waals surface area contributed by atoms with Gasteiger partial charge in [-0.2, -0.15) is 0 Å². The molecule has 100 valence electrons. The zero-order valence-electron chi connectivity index (χ0n) is 9.95. The number of halogens is 1. The molecule has 2 aromatic carbocycles. The van der Waals surface area contributed by atoms with E-state index in [9.17, 15) is 10.1 Å². The van der Waals surface area contributed by atoms with Crippen LogP contribution in [0.15, 0.2) is 56.2 Å². The van der Waals surface area contributed by atoms with Gasteiger partial charge >= 0.3 is 0 Å². The number of benzene rings is 2. The highest BCUT2D eigenvalue weighted by molar-refractivity contribution is 9.10. The first kappa shape index (κ1) is 13.5. The van der Waals surface area contributed by atoms with Crippen LogP contribution < -0.4 is 0 Å². The highest BCUT2D eigenvalue weighted by atomic mass is 79.9. The lowest BCUT2D eigenvalue weighted by Gasteiger charge is -2.00. The van der Waals surface area contributed by atoms with Crippen LogP contribution in [0.1, 0.15) is 0 Å². The van der Waals surface area contributed by atoms with Gasteiger partial charge in [-0.05, 0) is 24.3 Å². The molecule has 0 fully saturated rings. The number of hydrogen-bond acceptors (Lipinski definition) is 5. The molecule has 0 N–H and O–H groups in total. The van der Waals surface area contributed by atoms with Gasteiger partial charge < -0.3 is 0 Å². The monoisotopic (exact) mass is 366 g/mol. The van der Waals surface area contributed by atoms with E-state index in [1.807, 2.05) is 24.3 Å². The molecule has 0 atom stereocenters. The Balaban J connectivity index is 2.00. The predicted molar refractivity (Wildman–Crippen MR) is 84.5 cm³/mol. The Morgan fingerprint density at radius 3 is 2.80 bits per heavy atom. The van der Waals surface area contributed by atoms with Crippen LogP contribution >= 0.6 is 39.0 Å². The van der Waals surface area contributed by atoms with Crippen LogP contribution in [0.4, 0.5) is 5.69 Å². The number of rotatable bonds is 3. The van der Waals surface area contributed by atoms with E-state index >= 15 is 0 Å². The summed E-state index contributed by atoms with van der Waals surface area (Å²) in [4.78, 5) is 15.8. The summed E-state index contributed by atoms with van der Waals surface area (Å²) in [6, 6.07) is 12.9. The van der Waals surface area contributed by atoms with Gasteiger partial charge in [-0.25, -0.2) is 4.98 Å². The lowest BCUT2D eigenvalue weighted by Crippen LogP contribution is -1.90. The first-order chi connectivity index (χ1) is 9.63. The molecule has 0 aliphatic rings. The van der Waals surface area contributed by atoms with Gasteiger partial charge in [0.15, 0.2) is 4.34 Å². The van der Waals surface area contributed by atoms with Gasteiger partial charge in [-0.3, -0.25) is 10.1 Å². The first-order valence-corrected chi connectivity index (χ1v) is 8.03. The van der Waals surface area contributed by atoms with E-state index in [1.165, 1.54) is 29.2 Å². The van der Waals surface area contributed by atoms with Crippen molar-refractivity contribution in [2.45, 2.75) is 9.24 Å². The SMILES string of the molecule is O=[N+]([O-])c1cc(Br)ccc1Sc1nc2ccccc2s1. The van der Waals surface area contributed by atoms with Crippen molar-refractivity contribution in [2.75, 3.05) is 0 Å². The molecule has 3 rings (SSSR count). The summed E-state index contributed by atoms with van der Waals surface area (Å²) in [5, 5.41) is 11.1. The molecule has 0 aliphatic carbocycles. The molecule has 20 heavy (non-hydrogen) atoms. The van der Waals surface area contributed by atoms with Crippen molar-refractivity contribution >= 4 is 54.9 Å². The van der Waals surface area contributed by atoms with E-state index < -0.39 is 0 Å². The number of fused-ring (bicyclic) bond motifs is 1. The molecule has 0 unspecified atom stereocenters. The van der Waals surface area contributed by atoms with Crippen molar-refractivity contribution in [3.05, 3.63) is 57.1 Å². The molecular formula is C13H7BrN2O2S2. The standard InChI is InChI=1S/C13H7BrN2O2S2/c14-8-5-6-12(10(7-8)16(17)18)20-13-15-9-3-1-2-4-11(9)19-13/h1-7H. The van der Waals surface area contributed by atoms with E-state index in [4.69, 9.17) is 0 Å². The molecule has 0 radical (unpaired) electrons. The molecule has 3 aromatic rings. The number of hydrogen-bond donors (Lipinski definition) is 0. The Kier molecular flexibility index (Phi) is 3.73. The van der Waals surface area contributed by atoms with Crippen LogP contribution in [0, 0.1) is 10.1 Å². The summed E-state index contributed by atoms with van der Waals surface area (Å²) >= 11 is 6.11. The van der Waals surface area contributed by atoms with Gasteiger partial charge in [-0.1, -0.05) is 39.8 Å². The van der Waals surface area contributed by atoms with Gasteiger partial charge in [0, 0.05) is 10.5 Å². The van der Waals surface area contributed by atoms with E-state index in [0.717, 1.165) is 14.6 Å². The second kappa shape index (κ2) is 5.51. The number of thiazole rings is 1. The molecule has 4 nitrogen and oxygen atoms in total. The Morgan fingerprint density at radius 2 is 2.05 bits per heavy atom. The molecule has 1 heterocycles. The summed E-state index contributed by atoms with van der Waals surface area (Å²) in [5.74, 6) is 0. The minimum absolute atomic E-state index is 0.0867. The third kappa shape index (κ3) is 2.70. The summed E-state index contributed by atoms with van der Waals surface area (Å²) in [5.41, 5.74) is 1.00. The normalized spacial score (nSPS) is 10.8. The van der Waals surface area contributed by atoms with Crippen LogP contribution in [-0.4, -0.2) is 9.91 Å². The van der Waals surface area contributed by atoms with Crippen LogP contribution in [0.5, 0.6) is 0 Å². The minimum atomic E-state index is -0.375. The molecular weight excluding hydrogens is 360 g/mol. The minimum Gasteiger partial charge on any atom is -0.258 e. The lowest BCUT2D eigenvalue weighted by atomic mass is 10.3. The third-order valence-corrected chi connectivity index (χ3v) is 5.24. The number of aromatic nitrogens is 1. The Labute approximate surface area is 131 Å². The maximum absolute atomic E-state index is 11.1. The topological polar surface area (TPSA) is 56.0 Å². The number of para-hydroxylation sites is 1. The molecule has 0 saturated carbocycles. The quantitative estimate of drug-likeness (QED) is 0.476. The molecule has 0 aliphatic heterocycles. The number of nitrogens with zero attached hydrogens (tertiary/aromatic N) is 2. The average molecular weight is 367 g/mol. The van der Waals surface area contributed by atoms with E-state index in [2.05, 4.69) is 20.9 Å². The Bertz CT molecular complexity index is 771. The van der Waals surface area contributed by atoms with Gasteiger partial charge in [0.25, 0.3) is 5.69 Å². The van der Waals surface area contributed by atoms with E-state index in [0.29, 0.717) is 9.37 Å². The van der Waals surface area contributed by atoms with E-state index in [-0.39, 0.29) is 10.6 Å². The van der Waals surface area contributed by atoms with E-state index in [1.54, 1.807) is 12.1 Å². The zero-order valence-corrected chi connectivity index (χ0v) is 13.2. The van der Waals surface area contributed by atoms with Crippen molar-refractivity contribution in [2.24, 2.45) is 0 Å². The third-order valence-electron chi connectivity index (χ3n) is 2.59. The lowest BCUT2D eigenvalue weighted by molar-refractivity contribution is -0.387. The molecule has 0 bridgehead atoms. The van der Waals surface area contributed by atoms with Crippen molar-refractivity contribution < 1.29 is 4.92 Å². The zero-order chi connectivity index (χ0) is 14.1. The van der Waals surface area contributed by atoms with Crippen LogP contribution in [0.2, 0.25) is 0 Å². The summed E-state index contributed by atoms with van der Waals surface area (Å²) in [6.45, 7) is 0. The maximum Gasteiger partial charge on any atom is 0.284 e. The Hall–Kier alpha value is -1.44. The highest BCUT2D eigenvalue weighted by Crippen LogP contribution is 2.39. The molecule has 0 saturated heterocycles. The Morgan fingerprint density at radius 1 is 1.25 bits per heavy atom. The van der Waals surface area contributed by atoms with Crippen molar-refractivity contribution in [3.63, 3.8) is 0 Å². The smallest absolute Gasteiger partial charge is 0.258 e.